The van der Waals surface area contributed by atoms with E-state index >= 15 is 0 Å². The van der Waals surface area contributed by atoms with Gasteiger partial charge in [0.25, 0.3) is 0 Å². The van der Waals surface area contributed by atoms with Crippen LogP contribution in [0.5, 0.6) is 5.75 Å². The van der Waals surface area contributed by atoms with E-state index in [1.807, 2.05) is 6.92 Å². The quantitative estimate of drug-likeness (QED) is 0.623. The zero-order valence-electron chi connectivity index (χ0n) is 9.79. The smallest absolute Gasteiger partial charge is 0.374 e. The van der Waals surface area contributed by atoms with Crippen LogP contribution >= 0.6 is 11.6 Å². The van der Waals surface area contributed by atoms with Crippen LogP contribution in [0.25, 0.3) is 5.57 Å². The predicted molar refractivity (Wildman–Crippen MR) is 66.4 cm³/mol. The molecule has 1 aromatic carbocycles. The maximum absolute atomic E-state index is 12.1. The first-order valence-corrected chi connectivity index (χ1v) is 6.85. The summed E-state index contributed by atoms with van der Waals surface area (Å²) in [6.07, 6.45) is 0.622. The number of rotatable bonds is 4. The Balaban J connectivity index is 3.09. The van der Waals surface area contributed by atoms with Gasteiger partial charge in [-0.05, 0) is 29.7 Å². The predicted octanol–water partition coefficient (Wildman–Crippen LogP) is 3.99. The van der Waals surface area contributed by atoms with Crippen LogP contribution in [0.2, 0.25) is 5.02 Å². The molecule has 0 heterocycles. The molecule has 0 spiro atoms. The van der Waals surface area contributed by atoms with Gasteiger partial charge < -0.3 is 4.18 Å². The van der Waals surface area contributed by atoms with Crippen molar-refractivity contribution in [2.75, 3.05) is 0 Å². The van der Waals surface area contributed by atoms with E-state index < -0.39 is 21.4 Å². The van der Waals surface area contributed by atoms with Crippen LogP contribution in [-0.4, -0.2) is 13.9 Å². The van der Waals surface area contributed by atoms with Crippen molar-refractivity contribution >= 4 is 27.3 Å². The maximum atomic E-state index is 12.1. The van der Waals surface area contributed by atoms with Crippen molar-refractivity contribution in [1.82, 2.24) is 0 Å². The fourth-order valence-corrected chi connectivity index (χ4v) is 1.90. The summed E-state index contributed by atoms with van der Waals surface area (Å²) in [5, 5.41) is -0.236. The molecule has 106 valence electrons. The second-order valence-corrected chi connectivity index (χ2v) is 5.53. The second kappa shape index (κ2) is 5.42. The number of hydrogen-bond donors (Lipinski definition) is 0. The molecule has 0 aliphatic rings. The number of allylic oxidation sites excluding steroid dienone is 1. The molecule has 0 aliphatic carbocycles. The second-order valence-electron chi connectivity index (χ2n) is 3.59. The number of benzene rings is 1. The lowest BCUT2D eigenvalue weighted by Gasteiger charge is -2.11. The Morgan fingerprint density at radius 3 is 2.42 bits per heavy atom. The van der Waals surface area contributed by atoms with E-state index in [1.54, 1.807) is 0 Å². The van der Waals surface area contributed by atoms with E-state index in [1.165, 1.54) is 12.1 Å². The van der Waals surface area contributed by atoms with Crippen LogP contribution in [0, 0.1) is 0 Å². The van der Waals surface area contributed by atoms with Crippen molar-refractivity contribution in [3.05, 3.63) is 35.4 Å². The van der Waals surface area contributed by atoms with Gasteiger partial charge in [-0.25, -0.2) is 0 Å². The Bertz CT molecular complexity index is 594. The third kappa shape index (κ3) is 3.63. The normalized spacial score (nSPS) is 12.3. The fraction of sp³-hybridized carbons (Fsp3) is 0.273. The Kier molecular flexibility index (Phi) is 4.52. The van der Waals surface area contributed by atoms with Crippen LogP contribution in [-0.2, 0) is 10.1 Å². The van der Waals surface area contributed by atoms with Crippen LogP contribution in [0.3, 0.4) is 0 Å². The zero-order valence-corrected chi connectivity index (χ0v) is 11.4. The summed E-state index contributed by atoms with van der Waals surface area (Å²) < 4.78 is 62.0. The molecule has 0 aromatic heterocycles. The molecule has 19 heavy (non-hydrogen) atoms. The molecule has 1 aromatic rings. The summed E-state index contributed by atoms with van der Waals surface area (Å²) >= 11 is 5.69. The van der Waals surface area contributed by atoms with Gasteiger partial charge in [0.2, 0.25) is 0 Å². The van der Waals surface area contributed by atoms with Crippen LogP contribution in [0.15, 0.2) is 24.8 Å². The molecule has 0 unspecified atom stereocenters. The molecular weight excluding hydrogens is 305 g/mol. The van der Waals surface area contributed by atoms with Gasteiger partial charge in [0.05, 0.1) is 5.02 Å². The summed E-state index contributed by atoms with van der Waals surface area (Å²) in [5.74, 6) is -0.577. The molecule has 0 saturated carbocycles. The molecule has 0 radical (unpaired) electrons. The summed E-state index contributed by atoms with van der Waals surface area (Å²) in [7, 11) is -5.72. The Morgan fingerprint density at radius 1 is 1.42 bits per heavy atom. The molecular formula is C11H10ClF3O3S. The van der Waals surface area contributed by atoms with Gasteiger partial charge in [0, 0.05) is 0 Å². The highest BCUT2D eigenvalue weighted by Gasteiger charge is 2.48. The molecule has 0 amide bonds. The highest BCUT2D eigenvalue weighted by molar-refractivity contribution is 7.88. The van der Waals surface area contributed by atoms with Crippen molar-refractivity contribution in [3.8, 4) is 5.75 Å². The number of hydrogen-bond acceptors (Lipinski definition) is 3. The van der Waals surface area contributed by atoms with Crippen molar-refractivity contribution in [2.24, 2.45) is 0 Å². The average molecular weight is 315 g/mol. The Hall–Kier alpha value is -1.21. The fourth-order valence-electron chi connectivity index (χ4n) is 1.16. The highest BCUT2D eigenvalue weighted by atomic mass is 35.5. The first-order chi connectivity index (χ1) is 8.58. The standard InChI is InChI=1S/C11H10ClF3O3S/c1-3-7(2)8-4-5-10(9(12)6-8)18-19(16,17)11(13,14)15/h4-6H,2-3H2,1H3. The summed E-state index contributed by atoms with van der Waals surface area (Å²) in [6, 6.07) is 3.75. The lowest BCUT2D eigenvalue weighted by atomic mass is 10.1. The van der Waals surface area contributed by atoms with E-state index in [-0.39, 0.29) is 5.02 Å². The van der Waals surface area contributed by atoms with Gasteiger partial charge in [-0.1, -0.05) is 31.2 Å². The van der Waals surface area contributed by atoms with Gasteiger partial charge in [-0.2, -0.15) is 21.6 Å². The molecule has 3 nitrogen and oxygen atoms in total. The van der Waals surface area contributed by atoms with E-state index in [9.17, 15) is 21.6 Å². The van der Waals surface area contributed by atoms with Gasteiger partial charge in [0.15, 0.2) is 5.75 Å². The lowest BCUT2D eigenvalue weighted by molar-refractivity contribution is -0.0500. The molecule has 0 bridgehead atoms. The molecule has 8 heteroatoms. The lowest BCUT2D eigenvalue weighted by Crippen LogP contribution is -2.28. The third-order valence-electron chi connectivity index (χ3n) is 2.25. The van der Waals surface area contributed by atoms with Crippen LogP contribution in [0.1, 0.15) is 18.9 Å². The monoisotopic (exact) mass is 314 g/mol. The van der Waals surface area contributed by atoms with E-state index in [2.05, 4.69) is 10.8 Å². The largest absolute Gasteiger partial charge is 0.534 e. The minimum Gasteiger partial charge on any atom is -0.374 e. The van der Waals surface area contributed by atoms with Crippen molar-refractivity contribution < 1.29 is 25.8 Å². The topological polar surface area (TPSA) is 43.4 Å². The van der Waals surface area contributed by atoms with E-state index in [0.717, 1.165) is 6.07 Å². The van der Waals surface area contributed by atoms with Gasteiger partial charge in [0.1, 0.15) is 0 Å². The van der Waals surface area contributed by atoms with Crippen molar-refractivity contribution in [3.63, 3.8) is 0 Å². The molecule has 0 atom stereocenters. The van der Waals surface area contributed by atoms with Crippen LogP contribution < -0.4 is 4.18 Å². The number of alkyl halides is 3. The highest BCUT2D eigenvalue weighted by Crippen LogP contribution is 2.33. The summed E-state index contributed by atoms with van der Waals surface area (Å²) in [5.41, 5.74) is -4.18. The third-order valence-corrected chi connectivity index (χ3v) is 3.51. The molecule has 0 saturated heterocycles. The zero-order chi connectivity index (χ0) is 14.8. The minimum atomic E-state index is -5.72. The van der Waals surface area contributed by atoms with Gasteiger partial charge in [-0.15, -0.1) is 0 Å². The Morgan fingerprint density at radius 2 is 2.00 bits per heavy atom. The van der Waals surface area contributed by atoms with Crippen molar-refractivity contribution in [2.45, 2.75) is 18.9 Å². The molecule has 1 rings (SSSR count). The minimum absolute atomic E-state index is 0.236. The molecule has 0 fully saturated rings. The summed E-state index contributed by atoms with van der Waals surface area (Å²) in [6.45, 7) is 5.57. The SMILES string of the molecule is C=C(CC)c1ccc(OS(=O)(=O)C(F)(F)F)c(Cl)c1. The Labute approximate surface area is 113 Å². The summed E-state index contributed by atoms with van der Waals surface area (Å²) in [4.78, 5) is 0. The first-order valence-electron chi connectivity index (χ1n) is 5.07. The molecule has 0 aliphatic heterocycles. The number of halogens is 4. The first kappa shape index (κ1) is 15.8. The van der Waals surface area contributed by atoms with Crippen molar-refractivity contribution in [1.29, 1.82) is 0 Å². The average Bonchev–Trinajstić information content (AvgIpc) is 2.29. The van der Waals surface area contributed by atoms with Gasteiger partial charge >= 0.3 is 15.6 Å². The van der Waals surface area contributed by atoms with Crippen LogP contribution in [0.4, 0.5) is 13.2 Å². The van der Waals surface area contributed by atoms with Gasteiger partial charge in [-0.3, -0.25) is 0 Å². The van der Waals surface area contributed by atoms with E-state index in [4.69, 9.17) is 11.6 Å². The van der Waals surface area contributed by atoms with E-state index in [0.29, 0.717) is 17.6 Å². The molecule has 0 N–H and O–H groups in total. The maximum Gasteiger partial charge on any atom is 0.534 e.